The van der Waals surface area contributed by atoms with E-state index in [-0.39, 0.29) is 5.91 Å². The molecule has 1 fully saturated rings. The maximum atomic E-state index is 11.2. The number of anilines is 4. The Labute approximate surface area is 135 Å². The van der Waals surface area contributed by atoms with E-state index in [1.54, 1.807) is 0 Å². The number of hydrogen-bond acceptors (Lipinski definition) is 5. The van der Waals surface area contributed by atoms with Gasteiger partial charge in [0.15, 0.2) is 0 Å². The number of nitrogens with zero attached hydrogens (tertiary/aromatic N) is 3. The molecule has 1 aromatic carbocycles. The predicted octanol–water partition coefficient (Wildman–Crippen LogP) is 3.09. The van der Waals surface area contributed by atoms with Crippen molar-refractivity contribution in [2.45, 2.75) is 26.7 Å². The molecule has 0 bridgehead atoms. The van der Waals surface area contributed by atoms with E-state index in [0.29, 0.717) is 0 Å². The second-order valence-electron chi connectivity index (χ2n) is 5.78. The minimum Gasteiger partial charge on any atom is -0.341 e. The maximum Gasteiger partial charge on any atom is 0.227 e. The van der Waals surface area contributed by atoms with Crippen LogP contribution in [0.25, 0.3) is 0 Å². The minimum absolute atomic E-state index is 0.0867. The van der Waals surface area contributed by atoms with E-state index in [2.05, 4.69) is 25.5 Å². The smallest absolute Gasteiger partial charge is 0.227 e. The highest BCUT2D eigenvalue weighted by Crippen LogP contribution is 2.22. The molecule has 6 heteroatoms. The van der Waals surface area contributed by atoms with Gasteiger partial charge in [-0.3, -0.25) is 4.79 Å². The first-order chi connectivity index (χ1) is 11.1. The molecule has 6 nitrogen and oxygen atoms in total. The number of hydrogen-bond donors (Lipinski definition) is 2. The van der Waals surface area contributed by atoms with Gasteiger partial charge in [-0.15, -0.1) is 0 Å². The standard InChI is InChI=1S/C17H21N5O/c1-12-10-16(21-17(18-12)22-8-3-4-9-22)20-15-7-5-6-14(11-15)19-13(2)23/h5-7,10-11H,3-4,8-9H2,1-2H3,(H,19,23)(H,18,20,21). The van der Waals surface area contributed by atoms with Gasteiger partial charge in [-0.25, -0.2) is 4.98 Å². The van der Waals surface area contributed by atoms with E-state index >= 15 is 0 Å². The van der Waals surface area contributed by atoms with Crippen molar-refractivity contribution in [2.24, 2.45) is 0 Å². The highest BCUT2D eigenvalue weighted by molar-refractivity contribution is 5.89. The van der Waals surface area contributed by atoms with Crippen molar-refractivity contribution in [3.63, 3.8) is 0 Å². The van der Waals surface area contributed by atoms with Gasteiger partial charge < -0.3 is 15.5 Å². The molecule has 2 aromatic rings. The van der Waals surface area contributed by atoms with Gasteiger partial charge in [0.25, 0.3) is 0 Å². The topological polar surface area (TPSA) is 70.2 Å². The highest BCUT2D eigenvalue weighted by Gasteiger charge is 2.16. The van der Waals surface area contributed by atoms with Gasteiger partial charge in [-0.2, -0.15) is 4.98 Å². The van der Waals surface area contributed by atoms with Crippen LogP contribution >= 0.6 is 0 Å². The molecule has 1 aromatic heterocycles. The van der Waals surface area contributed by atoms with E-state index in [9.17, 15) is 4.79 Å². The van der Waals surface area contributed by atoms with Gasteiger partial charge >= 0.3 is 0 Å². The van der Waals surface area contributed by atoms with Gasteiger partial charge in [-0.05, 0) is 38.0 Å². The van der Waals surface area contributed by atoms with Crippen molar-refractivity contribution in [3.05, 3.63) is 36.0 Å². The normalized spacial score (nSPS) is 13.9. The number of carbonyl (C=O) groups excluding carboxylic acids is 1. The molecular weight excluding hydrogens is 290 g/mol. The molecule has 1 saturated heterocycles. The zero-order chi connectivity index (χ0) is 16.2. The molecule has 1 amide bonds. The zero-order valence-corrected chi connectivity index (χ0v) is 13.5. The number of aromatic nitrogens is 2. The quantitative estimate of drug-likeness (QED) is 0.908. The van der Waals surface area contributed by atoms with Gasteiger partial charge in [-0.1, -0.05) is 6.07 Å². The Morgan fingerprint density at radius 3 is 2.61 bits per heavy atom. The molecule has 120 valence electrons. The van der Waals surface area contributed by atoms with Crippen molar-refractivity contribution in [1.82, 2.24) is 9.97 Å². The third-order valence-electron chi connectivity index (χ3n) is 3.69. The summed E-state index contributed by atoms with van der Waals surface area (Å²) >= 11 is 0. The summed E-state index contributed by atoms with van der Waals surface area (Å²) in [6, 6.07) is 9.49. The van der Waals surface area contributed by atoms with Crippen LogP contribution in [0.1, 0.15) is 25.5 Å². The molecule has 2 N–H and O–H groups in total. The number of aryl methyl sites for hydroxylation is 1. The molecule has 3 rings (SSSR count). The number of nitrogens with one attached hydrogen (secondary N) is 2. The summed E-state index contributed by atoms with van der Waals surface area (Å²) < 4.78 is 0. The van der Waals surface area contributed by atoms with Crippen LogP contribution in [0.4, 0.5) is 23.1 Å². The van der Waals surface area contributed by atoms with Gasteiger partial charge in [0, 0.05) is 43.1 Å². The fraction of sp³-hybridized carbons (Fsp3) is 0.353. The third-order valence-corrected chi connectivity index (χ3v) is 3.69. The Kier molecular flexibility index (Phi) is 4.41. The van der Waals surface area contributed by atoms with E-state index in [1.807, 2.05) is 37.3 Å². The van der Waals surface area contributed by atoms with Gasteiger partial charge in [0.05, 0.1) is 0 Å². The van der Waals surface area contributed by atoms with E-state index in [0.717, 1.165) is 41.9 Å². The minimum atomic E-state index is -0.0867. The lowest BCUT2D eigenvalue weighted by Crippen LogP contribution is -2.21. The average molecular weight is 311 g/mol. The maximum absolute atomic E-state index is 11.2. The fourth-order valence-corrected chi connectivity index (χ4v) is 2.70. The van der Waals surface area contributed by atoms with Crippen LogP contribution in [0.2, 0.25) is 0 Å². The molecule has 0 spiro atoms. The summed E-state index contributed by atoms with van der Waals surface area (Å²) in [6.45, 7) is 5.50. The molecule has 0 atom stereocenters. The predicted molar refractivity (Wildman–Crippen MR) is 92.2 cm³/mol. The van der Waals surface area contributed by atoms with Crippen LogP contribution in [-0.4, -0.2) is 29.0 Å². The Balaban J connectivity index is 1.80. The lowest BCUT2D eigenvalue weighted by atomic mass is 10.2. The summed E-state index contributed by atoms with van der Waals surface area (Å²) in [5.41, 5.74) is 2.57. The Morgan fingerprint density at radius 1 is 1.13 bits per heavy atom. The molecular formula is C17H21N5O. The first-order valence-electron chi connectivity index (χ1n) is 7.85. The van der Waals surface area contributed by atoms with Crippen LogP contribution in [0.15, 0.2) is 30.3 Å². The Morgan fingerprint density at radius 2 is 1.87 bits per heavy atom. The zero-order valence-electron chi connectivity index (χ0n) is 13.5. The summed E-state index contributed by atoms with van der Waals surface area (Å²) in [5.74, 6) is 1.46. The average Bonchev–Trinajstić information content (AvgIpc) is 3.00. The van der Waals surface area contributed by atoms with Crippen molar-refractivity contribution in [2.75, 3.05) is 28.6 Å². The molecule has 1 aliphatic heterocycles. The SMILES string of the molecule is CC(=O)Nc1cccc(Nc2cc(C)nc(N3CCCC3)n2)c1. The molecule has 23 heavy (non-hydrogen) atoms. The molecule has 0 aliphatic carbocycles. The van der Waals surface area contributed by atoms with Crippen molar-refractivity contribution < 1.29 is 4.79 Å². The van der Waals surface area contributed by atoms with Crippen LogP contribution in [0, 0.1) is 6.92 Å². The summed E-state index contributed by atoms with van der Waals surface area (Å²) in [7, 11) is 0. The largest absolute Gasteiger partial charge is 0.341 e. The fourth-order valence-electron chi connectivity index (χ4n) is 2.70. The summed E-state index contributed by atoms with van der Waals surface area (Å²) in [5, 5.41) is 6.07. The van der Waals surface area contributed by atoms with E-state index < -0.39 is 0 Å². The van der Waals surface area contributed by atoms with Crippen LogP contribution in [0.5, 0.6) is 0 Å². The van der Waals surface area contributed by atoms with Crippen LogP contribution in [-0.2, 0) is 4.79 Å². The van der Waals surface area contributed by atoms with E-state index in [1.165, 1.54) is 19.8 Å². The Bertz CT molecular complexity index is 710. The molecule has 0 radical (unpaired) electrons. The number of amides is 1. The van der Waals surface area contributed by atoms with Gasteiger partial charge in [0.2, 0.25) is 11.9 Å². The first-order valence-corrected chi connectivity index (χ1v) is 7.85. The third kappa shape index (κ3) is 3.97. The van der Waals surface area contributed by atoms with Crippen LogP contribution in [0.3, 0.4) is 0 Å². The molecule has 1 aliphatic rings. The summed E-state index contributed by atoms with van der Waals surface area (Å²) in [6.07, 6.45) is 2.39. The highest BCUT2D eigenvalue weighted by atomic mass is 16.1. The van der Waals surface area contributed by atoms with Crippen molar-refractivity contribution in [3.8, 4) is 0 Å². The number of carbonyl (C=O) groups is 1. The molecule has 0 unspecified atom stereocenters. The number of benzene rings is 1. The van der Waals surface area contributed by atoms with Crippen LogP contribution < -0.4 is 15.5 Å². The second-order valence-corrected chi connectivity index (χ2v) is 5.78. The lowest BCUT2D eigenvalue weighted by Gasteiger charge is -2.17. The monoisotopic (exact) mass is 311 g/mol. The molecule has 0 saturated carbocycles. The van der Waals surface area contributed by atoms with E-state index in [4.69, 9.17) is 0 Å². The second kappa shape index (κ2) is 6.64. The summed E-state index contributed by atoms with van der Waals surface area (Å²) in [4.78, 5) is 22.5. The lowest BCUT2D eigenvalue weighted by molar-refractivity contribution is -0.114. The van der Waals surface area contributed by atoms with Gasteiger partial charge in [0.1, 0.15) is 5.82 Å². The van der Waals surface area contributed by atoms with Crippen molar-refractivity contribution in [1.29, 1.82) is 0 Å². The Hall–Kier alpha value is -2.63. The first kappa shape index (κ1) is 15.3. The number of rotatable bonds is 4. The van der Waals surface area contributed by atoms with Crippen molar-refractivity contribution >= 4 is 29.0 Å². The molecule has 2 heterocycles.